The minimum Gasteiger partial charge on any atom is -0.376 e. The van der Waals surface area contributed by atoms with Crippen LogP contribution in [0.25, 0.3) is 11.1 Å². The lowest BCUT2D eigenvalue weighted by molar-refractivity contribution is -0.148. The molecule has 9 heteroatoms. The van der Waals surface area contributed by atoms with E-state index in [9.17, 15) is 14.4 Å². The monoisotopic (exact) mass is 468 g/mol. The van der Waals surface area contributed by atoms with Gasteiger partial charge in [0.05, 0.1) is 12.7 Å². The zero-order valence-corrected chi connectivity index (χ0v) is 20.0. The molecule has 2 aromatic carbocycles. The molecule has 0 spiro atoms. The van der Waals surface area contributed by atoms with Gasteiger partial charge in [-0.15, -0.1) is 0 Å². The van der Waals surface area contributed by atoms with Crippen LogP contribution in [0.3, 0.4) is 0 Å². The van der Waals surface area contributed by atoms with Gasteiger partial charge in [-0.2, -0.15) is 0 Å². The number of rotatable bonds is 7. The smallest absolute Gasteiger partial charge is 0.278 e. The lowest BCUT2D eigenvalue weighted by Gasteiger charge is -2.34. The van der Waals surface area contributed by atoms with Crippen molar-refractivity contribution in [2.45, 2.75) is 32.0 Å². The Morgan fingerprint density at radius 3 is 2.21 bits per heavy atom. The topological polar surface area (TPSA) is 111 Å². The molecule has 182 valence electrons. The number of carbonyl (C=O) groups excluding carboxylic acids is 3. The van der Waals surface area contributed by atoms with Crippen LogP contribution in [0.1, 0.15) is 29.8 Å². The highest BCUT2D eigenvalue weighted by Gasteiger charge is 2.47. The first-order valence-electron chi connectivity index (χ1n) is 11.2. The van der Waals surface area contributed by atoms with Crippen molar-refractivity contribution >= 4 is 17.7 Å². The third-order valence-corrected chi connectivity index (χ3v) is 6.34. The summed E-state index contributed by atoms with van der Waals surface area (Å²) in [5.41, 5.74) is 3.03. The van der Waals surface area contributed by atoms with Crippen molar-refractivity contribution in [1.29, 1.82) is 0 Å². The van der Waals surface area contributed by atoms with Crippen molar-refractivity contribution < 1.29 is 24.3 Å². The van der Waals surface area contributed by atoms with Gasteiger partial charge in [0.25, 0.3) is 17.7 Å². The number of nitrogens with zero attached hydrogens (tertiary/aromatic N) is 2. The van der Waals surface area contributed by atoms with Crippen LogP contribution in [-0.4, -0.2) is 78.2 Å². The summed E-state index contributed by atoms with van der Waals surface area (Å²) in [5, 5.41) is 11.4. The van der Waals surface area contributed by atoms with Crippen LogP contribution in [0.5, 0.6) is 0 Å². The summed E-state index contributed by atoms with van der Waals surface area (Å²) in [7, 11) is 2.69. The molecule has 2 atom stereocenters. The molecule has 1 unspecified atom stereocenters. The highest BCUT2D eigenvalue weighted by molar-refractivity contribution is 6.12. The fourth-order valence-corrected chi connectivity index (χ4v) is 4.06. The average molecular weight is 469 g/mol. The van der Waals surface area contributed by atoms with Crippen LogP contribution in [-0.2, 0) is 20.9 Å². The van der Waals surface area contributed by atoms with Gasteiger partial charge in [0, 0.05) is 39.3 Å². The second-order valence-electron chi connectivity index (χ2n) is 8.65. The maximum absolute atomic E-state index is 13.0. The summed E-state index contributed by atoms with van der Waals surface area (Å²) in [6, 6.07) is 15.3. The van der Waals surface area contributed by atoms with Crippen molar-refractivity contribution in [1.82, 2.24) is 20.6 Å². The predicted molar refractivity (Wildman–Crippen MR) is 127 cm³/mol. The standard InChI is InChI=1S/C25H32N4O5/c1-17-15-29(13-14-34-17)16-18-5-7-19(8-6-18)20-9-11-21(12-10-20)22(30)28(4)25(2,23(31)26-3)24(32)27-33/h5-12,17,33H,13-16H2,1-4H3,(H,26,31)(H,27,32)/t17?,25-/m0/s1. The van der Waals surface area contributed by atoms with E-state index < -0.39 is 23.3 Å². The van der Waals surface area contributed by atoms with E-state index in [0.29, 0.717) is 5.56 Å². The first-order valence-corrected chi connectivity index (χ1v) is 11.2. The number of likely N-dealkylation sites (N-methyl/N-ethyl adjacent to an activating group) is 2. The third kappa shape index (κ3) is 5.27. The summed E-state index contributed by atoms with van der Waals surface area (Å²) < 4.78 is 5.60. The van der Waals surface area contributed by atoms with Gasteiger partial charge >= 0.3 is 0 Å². The molecule has 3 rings (SSSR count). The second kappa shape index (κ2) is 10.8. The number of carbonyl (C=O) groups is 3. The Kier molecular flexibility index (Phi) is 8.03. The molecule has 0 aromatic heterocycles. The Bertz CT molecular complexity index is 1010. The van der Waals surface area contributed by atoms with Crippen molar-refractivity contribution in [2.24, 2.45) is 0 Å². The van der Waals surface area contributed by atoms with E-state index >= 15 is 0 Å². The van der Waals surface area contributed by atoms with Crippen LogP contribution in [0.4, 0.5) is 0 Å². The number of amides is 3. The van der Waals surface area contributed by atoms with Crippen LogP contribution in [0, 0.1) is 0 Å². The van der Waals surface area contributed by atoms with Crippen molar-refractivity contribution in [2.75, 3.05) is 33.8 Å². The number of morpholine rings is 1. The normalized spacial score (nSPS) is 18.0. The summed E-state index contributed by atoms with van der Waals surface area (Å²) in [6.07, 6.45) is 0.250. The van der Waals surface area contributed by atoms with Crippen LogP contribution in [0.15, 0.2) is 48.5 Å². The van der Waals surface area contributed by atoms with E-state index in [2.05, 4.69) is 41.4 Å². The molecule has 1 saturated heterocycles. The molecule has 1 aliphatic heterocycles. The summed E-state index contributed by atoms with van der Waals surface area (Å²) >= 11 is 0. The molecular weight excluding hydrogens is 436 g/mol. The Morgan fingerprint density at radius 1 is 1.09 bits per heavy atom. The fourth-order valence-electron chi connectivity index (χ4n) is 4.06. The first-order chi connectivity index (χ1) is 16.2. The van der Waals surface area contributed by atoms with E-state index in [1.165, 1.54) is 32.1 Å². The quantitative estimate of drug-likeness (QED) is 0.324. The Labute approximate surface area is 199 Å². The highest BCUT2D eigenvalue weighted by Crippen LogP contribution is 2.23. The minimum absolute atomic E-state index is 0.250. The molecule has 0 saturated carbocycles. The molecule has 0 bridgehead atoms. The summed E-state index contributed by atoms with van der Waals surface area (Å²) in [5.74, 6) is -2.26. The number of hydrogen-bond acceptors (Lipinski definition) is 6. The summed E-state index contributed by atoms with van der Waals surface area (Å²) in [6.45, 7) is 6.83. The molecule has 3 N–H and O–H groups in total. The molecular formula is C25H32N4O5. The number of hydroxylamine groups is 1. The van der Waals surface area contributed by atoms with Gasteiger partial charge in [-0.1, -0.05) is 36.4 Å². The SMILES string of the molecule is CNC(=O)[C@@](C)(C(=O)NO)N(C)C(=O)c1ccc(-c2ccc(CN3CCOC(C)C3)cc2)cc1. The number of ether oxygens (including phenoxy) is 1. The van der Waals surface area contributed by atoms with Gasteiger partial charge in [-0.25, -0.2) is 5.48 Å². The largest absolute Gasteiger partial charge is 0.376 e. The lowest BCUT2D eigenvalue weighted by atomic mass is 9.96. The molecule has 1 heterocycles. The Hall–Kier alpha value is -3.27. The molecule has 0 aliphatic carbocycles. The molecule has 1 aliphatic rings. The Balaban J connectivity index is 1.72. The zero-order valence-electron chi connectivity index (χ0n) is 20.0. The molecule has 9 nitrogen and oxygen atoms in total. The van der Waals surface area contributed by atoms with Crippen LogP contribution < -0.4 is 10.8 Å². The van der Waals surface area contributed by atoms with Crippen molar-refractivity contribution in [3.05, 3.63) is 59.7 Å². The van der Waals surface area contributed by atoms with E-state index in [0.717, 1.165) is 42.3 Å². The fraction of sp³-hybridized carbons (Fsp3) is 0.400. The molecule has 34 heavy (non-hydrogen) atoms. The summed E-state index contributed by atoms with van der Waals surface area (Å²) in [4.78, 5) is 40.9. The van der Waals surface area contributed by atoms with Crippen LogP contribution in [0.2, 0.25) is 0 Å². The third-order valence-electron chi connectivity index (χ3n) is 6.34. The van der Waals surface area contributed by atoms with Gasteiger partial charge < -0.3 is 15.0 Å². The minimum atomic E-state index is -1.92. The maximum atomic E-state index is 13.0. The predicted octanol–water partition coefficient (Wildman–Crippen LogP) is 1.66. The van der Waals surface area contributed by atoms with E-state index in [-0.39, 0.29) is 6.10 Å². The molecule has 0 radical (unpaired) electrons. The van der Waals surface area contributed by atoms with Gasteiger partial charge in [0.2, 0.25) is 0 Å². The van der Waals surface area contributed by atoms with Crippen LogP contribution >= 0.6 is 0 Å². The van der Waals surface area contributed by atoms with Crippen molar-refractivity contribution in [3.8, 4) is 11.1 Å². The molecule has 1 fully saturated rings. The van der Waals surface area contributed by atoms with Crippen molar-refractivity contribution in [3.63, 3.8) is 0 Å². The average Bonchev–Trinajstić information content (AvgIpc) is 2.86. The van der Waals surface area contributed by atoms with E-state index in [1.807, 2.05) is 12.1 Å². The van der Waals surface area contributed by atoms with Gasteiger partial charge in [0.15, 0.2) is 5.54 Å². The number of benzene rings is 2. The van der Waals surface area contributed by atoms with Gasteiger partial charge in [-0.05, 0) is 42.7 Å². The lowest BCUT2D eigenvalue weighted by Crippen LogP contribution is -2.64. The molecule has 2 aromatic rings. The van der Waals surface area contributed by atoms with Gasteiger partial charge in [0.1, 0.15) is 0 Å². The Morgan fingerprint density at radius 2 is 1.68 bits per heavy atom. The maximum Gasteiger partial charge on any atom is 0.278 e. The number of nitrogens with one attached hydrogen (secondary N) is 2. The second-order valence-corrected chi connectivity index (χ2v) is 8.65. The first kappa shape index (κ1) is 25.4. The van der Waals surface area contributed by atoms with E-state index in [4.69, 9.17) is 9.94 Å². The van der Waals surface area contributed by atoms with E-state index in [1.54, 1.807) is 12.1 Å². The number of hydrogen-bond donors (Lipinski definition) is 3. The zero-order chi connectivity index (χ0) is 24.9. The molecule has 3 amide bonds. The van der Waals surface area contributed by atoms with Gasteiger partial charge in [-0.3, -0.25) is 24.5 Å². The highest BCUT2D eigenvalue weighted by atomic mass is 16.5.